The lowest BCUT2D eigenvalue weighted by atomic mass is 10.1. The maximum atomic E-state index is 12.2. The van der Waals surface area contributed by atoms with Gasteiger partial charge in [0.25, 0.3) is 5.91 Å². The standard InChI is InChI=1S/C15H17N3O2/c1-10-3-8-13(14(9-10)18-16)15(19)17-11-4-6-12(20-2)7-5-11/h3-9,18H,16H2,1-2H3,(H,17,19). The van der Waals surface area contributed by atoms with Gasteiger partial charge in [0, 0.05) is 5.69 Å². The van der Waals surface area contributed by atoms with Gasteiger partial charge in [-0.25, -0.2) is 0 Å². The van der Waals surface area contributed by atoms with Crippen LogP contribution in [0, 0.1) is 6.92 Å². The Morgan fingerprint density at radius 3 is 2.45 bits per heavy atom. The summed E-state index contributed by atoms with van der Waals surface area (Å²) in [6.07, 6.45) is 0. The van der Waals surface area contributed by atoms with Crippen LogP contribution in [0.3, 0.4) is 0 Å². The summed E-state index contributed by atoms with van der Waals surface area (Å²) in [4.78, 5) is 12.2. The number of nitrogens with two attached hydrogens (primary N) is 1. The van der Waals surface area contributed by atoms with Crippen molar-refractivity contribution in [2.75, 3.05) is 17.9 Å². The predicted molar refractivity (Wildman–Crippen MR) is 79.9 cm³/mol. The van der Waals surface area contributed by atoms with E-state index in [0.717, 1.165) is 11.3 Å². The molecule has 2 rings (SSSR count). The zero-order chi connectivity index (χ0) is 14.5. The molecule has 0 aliphatic rings. The zero-order valence-electron chi connectivity index (χ0n) is 11.4. The fourth-order valence-corrected chi connectivity index (χ4v) is 1.85. The van der Waals surface area contributed by atoms with Crippen molar-refractivity contribution in [2.24, 2.45) is 5.84 Å². The van der Waals surface area contributed by atoms with Crippen LogP contribution in [-0.2, 0) is 0 Å². The number of ether oxygens (including phenoxy) is 1. The van der Waals surface area contributed by atoms with E-state index in [1.54, 1.807) is 37.4 Å². The second-order valence-electron chi connectivity index (χ2n) is 4.38. The van der Waals surface area contributed by atoms with E-state index in [1.807, 2.05) is 19.1 Å². The number of hydrazine groups is 1. The molecule has 0 unspecified atom stereocenters. The van der Waals surface area contributed by atoms with Gasteiger partial charge in [0.1, 0.15) is 5.75 Å². The number of rotatable bonds is 4. The number of aryl methyl sites for hydroxylation is 1. The monoisotopic (exact) mass is 271 g/mol. The minimum Gasteiger partial charge on any atom is -0.497 e. The molecule has 0 saturated heterocycles. The van der Waals surface area contributed by atoms with Gasteiger partial charge in [-0.15, -0.1) is 0 Å². The van der Waals surface area contributed by atoms with Crippen molar-refractivity contribution in [1.82, 2.24) is 0 Å². The summed E-state index contributed by atoms with van der Waals surface area (Å²) in [6, 6.07) is 12.6. The molecular formula is C15H17N3O2. The fraction of sp³-hybridized carbons (Fsp3) is 0.133. The topological polar surface area (TPSA) is 76.4 Å². The molecule has 0 aromatic heterocycles. The Kier molecular flexibility index (Phi) is 4.22. The third-order valence-electron chi connectivity index (χ3n) is 2.92. The molecule has 0 saturated carbocycles. The minimum absolute atomic E-state index is 0.219. The smallest absolute Gasteiger partial charge is 0.257 e. The molecule has 1 amide bonds. The number of anilines is 2. The zero-order valence-corrected chi connectivity index (χ0v) is 11.4. The molecule has 0 spiro atoms. The van der Waals surface area contributed by atoms with Gasteiger partial charge in [0.05, 0.1) is 18.4 Å². The lowest BCUT2D eigenvalue weighted by molar-refractivity contribution is 0.102. The number of benzene rings is 2. The van der Waals surface area contributed by atoms with Gasteiger partial charge in [-0.3, -0.25) is 10.6 Å². The molecule has 4 N–H and O–H groups in total. The molecule has 5 heteroatoms. The maximum Gasteiger partial charge on any atom is 0.257 e. The summed E-state index contributed by atoms with van der Waals surface area (Å²) in [5, 5.41) is 2.81. The highest BCUT2D eigenvalue weighted by molar-refractivity contribution is 6.08. The Morgan fingerprint density at radius 2 is 1.85 bits per heavy atom. The molecule has 0 aliphatic heterocycles. The third-order valence-corrected chi connectivity index (χ3v) is 2.92. The first-order chi connectivity index (χ1) is 9.63. The number of amides is 1. The first-order valence-corrected chi connectivity index (χ1v) is 6.16. The maximum absolute atomic E-state index is 12.2. The molecule has 0 bridgehead atoms. The average Bonchev–Trinajstić information content (AvgIpc) is 2.47. The molecule has 20 heavy (non-hydrogen) atoms. The van der Waals surface area contributed by atoms with Crippen LogP contribution in [0.25, 0.3) is 0 Å². The SMILES string of the molecule is COc1ccc(NC(=O)c2ccc(C)cc2NN)cc1. The highest BCUT2D eigenvalue weighted by Gasteiger charge is 2.11. The lowest BCUT2D eigenvalue weighted by Gasteiger charge is -2.11. The van der Waals surface area contributed by atoms with Crippen LogP contribution >= 0.6 is 0 Å². The van der Waals surface area contributed by atoms with E-state index in [9.17, 15) is 4.79 Å². The van der Waals surface area contributed by atoms with Crippen LogP contribution < -0.4 is 21.3 Å². The van der Waals surface area contributed by atoms with Gasteiger partial charge in [-0.1, -0.05) is 6.07 Å². The highest BCUT2D eigenvalue weighted by atomic mass is 16.5. The van der Waals surface area contributed by atoms with E-state index in [4.69, 9.17) is 10.6 Å². The molecule has 0 fully saturated rings. The van der Waals surface area contributed by atoms with Gasteiger partial charge in [-0.05, 0) is 48.9 Å². The average molecular weight is 271 g/mol. The fourth-order valence-electron chi connectivity index (χ4n) is 1.85. The number of nitrogens with one attached hydrogen (secondary N) is 2. The van der Waals surface area contributed by atoms with E-state index in [0.29, 0.717) is 16.9 Å². The molecule has 2 aromatic rings. The van der Waals surface area contributed by atoms with E-state index in [2.05, 4.69) is 10.7 Å². The Bertz CT molecular complexity index is 609. The quantitative estimate of drug-likeness (QED) is 0.590. The van der Waals surface area contributed by atoms with Crippen molar-refractivity contribution in [1.29, 1.82) is 0 Å². The molecular weight excluding hydrogens is 254 g/mol. The molecule has 104 valence electrons. The van der Waals surface area contributed by atoms with Gasteiger partial charge in [0.2, 0.25) is 0 Å². The number of hydrogen-bond donors (Lipinski definition) is 3. The Labute approximate surface area is 117 Å². The minimum atomic E-state index is -0.219. The van der Waals surface area contributed by atoms with Gasteiger partial charge in [0.15, 0.2) is 0 Å². The van der Waals surface area contributed by atoms with Crippen LogP contribution in [0.4, 0.5) is 11.4 Å². The number of carbonyl (C=O) groups is 1. The normalized spacial score (nSPS) is 9.95. The summed E-state index contributed by atoms with van der Waals surface area (Å²) in [5.41, 5.74) is 5.35. The first kappa shape index (κ1) is 13.9. The van der Waals surface area contributed by atoms with Crippen molar-refractivity contribution < 1.29 is 9.53 Å². The van der Waals surface area contributed by atoms with E-state index in [1.165, 1.54) is 0 Å². The molecule has 0 heterocycles. The molecule has 0 aliphatic carbocycles. The molecule has 0 radical (unpaired) electrons. The van der Waals surface area contributed by atoms with Gasteiger partial charge < -0.3 is 15.5 Å². The van der Waals surface area contributed by atoms with Gasteiger partial charge in [-0.2, -0.15) is 0 Å². The van der Waals surface area contributed by atoms with E-state index < -0.39 is 0 Å². The molecule has 0 atom stereocenters. The van der Waals surface area contributed by atoms with Crippen LogP contribution in [0.5, 0.6) is 5.75 Å². The van der Waals surface area contributed by atoms with Crippen LogP contribution in [0.1, 0.15) is 15.9 Å². The van der Waals surface area contributed by atoms with Crippen molar-refractivity contribution in [3.8, 4) is 5.75 Å². The number of hydrogen-bond acceptors (Lipinski definition) is 4. The highest BCUT2D eigenvalue weighted by Crippen LogP contribution is 2.20. The first-order valence-electron chi connectivity index (χ1n) is 6.16. The molecule has 2 aromatic carbocycles. The number of methoxy groups -OCH3 is 1. The largest absolute Gasteiger partial charge is 0.497 e. The number of carbonyl (C=O) groups excluding carboxylic acids is 1. The molecule has 5 nitrogen and oxygen atoms in total. The summed E-state index contributed by atoms with van der Waals surface area (Å²) in [7, 11) is 1.60. The predicted octanol–water partition coefficient (Wildman–Crippen LogP) is 2.54. The van der Waals surface area contributed by atoms with E-state index in [-0.39, 0.29) is 5.91 Å². The Balaban J connectivity index is 2.19. The second-order valence-corrected chi connectivity index (χ2v) is 4.38. The van der Waals surface area contributed by atoms with Crippen molar-refractivity contribution in [2.45, 2.75) is 6.92 Å². The van der Waals surface area contributed by atoms with Gasteiger partial charge >= 0.3 is 0 Å². The summed E-state index contributed by atoms with van der Waals surface area (Å²) >= 11 is 0. The van der Waals surface area contributed by atoms with Crippen LogP contribution in [0.2, 0.25) is 0 Å². The summed E-state index contributed by atoms with van der Waals surface area (Å²) in [6.45, 7) is 1.94. The lowest BCUT2D eigenvalue weighted by Crippen LogP contribution is -2.17. The number of nitrogen functional groups attached to an aromatic ring is 1. The third kappa shape index (κ3) is 3.07. The second kappa shape index (κ2) is 6.08. The van der Waals surface area contributed by atoms with Crippen molar-refractivity contribution in [3.05, 3.63) is 53.6 Å². The summed E-state index contributed by atoms with van der Waals surface area (Å²) < 4.78 is 5.07. The Morgan fingerprint density at radius 1 is 1.15 bits per heavy atom. The van der Waals surface area contributed by atoms with Crippen LogP contribution in [0.15, 0.2) is 42.5 Å². The van der Waals surface area contributed by atoms with Crippen LogP contribution in [-0.4, -0.2) is 13.0 Å². The van der Waals surface area contributed by atoms with Crippen molar-refractivity contribution >= 4 is 17.3 Å². The Hall–Kier alpha value is -2.53. The van der Waals surface area contributed by atoms with Crippen molar-refractivity contribution in [3.63, 3.8) is 0 Å². The summed E-state index contributed by atoms with van der Waals surface area (Å²) in [5.74, 6) is 5.96. The van der Waals surface area contributed by atoms with E-state index >= 15 is 0 Å².